The first kappa shape index (κ1) is 24.0. The molecule has 0 aliphatic carbocycles. The number of carbonyl (C=O) groups excluding carboxylic acids is 2. The third-order valence-electron chi connectivity index (χ3n) is 4.31. The Hall–Kier alpha value is -2.69. The van der Waals surface area contributed by atoms with Crippen molar-refractivity contribution >= 4 is 63.5 Å². The molecule has 2 amide bonds. The standard InChI is InChI=1S/C21H17ClF2N2O4S2/c22-13-7-8-15(27)14(11-13)25-18(28)6-3-9-26-19(29)17(32-21(26)31)10-12-4-1-2-5-16(12)30-20(23)24/h1-2,4-5,7-8,10-11,20,27H,3,6,9H2,(H,25,28)/b17-10-. The number of nitrogens with zero attached hydrogens (tertiary/aromatic N) is 1. The molecule has 2 aromatic rings. The summed E-state index contributed by atoms with van der Waals surface area (Å²) < 4.78 is 30.0. The van der Waals surface area contributed by atoms with E-state index >= 15 is 0 Å². The van der Waals surface area contributed by atoms with Gasteiger partial charge in [-0.1, -0.05) is 53.8 Å². The van der Waals surface area contributed by atoms with Crippen molar-refractivity contribution in [1.29, 1.82) is 0 Å². The zero-order valence-corrected chi connectivity index (χ0v) is 18.8. The van der Waals surface area contributed by atoms with Crippen LogP contribution in [0.3, 0.4) is 0 Å². The number of hydrogen-bond acceptors (Lipinski definition) is 6. The van der Waals surface area contributed by atoms with Gasteiger partial charge in [0.2, 0.25) is 5.91 Å². The largest absolute Gasteiger partial charge is 0.506 e. The minimum absolute atomic E-state index is 0.0475. The van der Waals surface area contributed by atoms with E-state index in [2.05, 4.69) is 10.1 Å². The third-order valence-corrected chi connectivity index (χ3v) is 5.93. The average Bonchev–Trinajstić information content (AvgIpc) is 2.99. The number of halogens is 3. The maximum absolute atomic E-state index is 12.7. The van der Waals surface area contributed by atoms with Gasteiger partial charge in [-0.15, -0.1) is 0 Å². The van der Waals surface area contributed by atoms with E-state index in [1.807, 2.05) is 0 Å². The fourth-order valence-electron chi connectivity index (χ4n) is 2.86. The van der Waals surface area contributed by atoms with Crippen LogP contribution in [-0.2, 0) is 9.59 Å². The van der Waals surface area contributed by atoms with E-state index in [-0.39, 0.29) is 46.9 Å². The van der Waals surface area contributed by atoms with Gasteiger partial charge in [-0.05, 0) is 36.8 Å². The van der Waals surface area contributed by atoms with Crippen molar-refractivity contribution in [3.63, 3.8) is 0 Å². The quantitative estimate of drug-likeness (QED) is 0.293. The minimum atomic E-state index is -2.99. The number of phenolic OH excluding ortho intramolecular Hbond substituents is 1. The van der Waals surface area contributed by atoms with E-state index < -0.39 is 6.61 Å². The lowest BCUT2D eigenvalue weighted by molar-refractivity contribution is -0.122. The third kappa shape index (κ3) is 6.18. The molecule has 11 heteroatoms. The first-order valence-electron chi connectivity index (χ1n) is 9.32. The van der Waals surface area contributed by atoms with Gasteiger partial charge >= 0.3 is 6.61 Å². The molecule has 168 valence electrons. The predicted octanol–water partition coefficient (Wildman–Crippen LogP) is 5.27. The molecule has 0 bridgehead atoms. The Balaban J connectivity index is 1.59. The first-order chi connectivity index (χ1) is 15.2. The highest BCUT2D eigenvalue weighted by atomic mass is 35.5. The number of thioether (sulfide) groups is 1. The predicted molar refractivity (Wildman–Crippen MR) is 124 cm³/mol. The molecular weight excluding hydrogens is 482 g/mol. The highest BCUT2D eigenvalue weighted by Crippen LogP contribution is 2.34. The lowest BCUT2D eigenvalue weighted by Crippen LogP contribution is -2.29. The van der Waals surface area contributed by atoms with Crippen LogP contribution in [0.2, 0.25) is 5.02 Å². The molecule has 1 fully saturated rings. The van der Waals surface area contributed by atoms with Crippen molar-refractivity contribution in [3.8, 4) is 11.5 Å². The van der Waals surface area contributed by atoms with E-state index in [9.17, 15) is 23.5 Å². The zero-order chi connectivity index (χ0) is 23.3. The summed E-state index contributed by atoms with van der Waals surface area (Å²) in [5.74, 6) is -0.893. The van der Waals surface area contributed by atoms with Crippen LogP contribution in [0.15, 0.2) is 47.4 Å². The number of alkyl halides is 2. The van der Waals surface area contributed by atoms with Gasteiger partial charge in [-0.2, -0.15) is 8.78 Å². The normalized spacial score (nSPS) is 15.0. The summed E-state index contributed by atoms with van der Waals surface area (Å²) in [5.41, 5.74) is 0.523. The van der Waals surface area contributed by atoms with Gasteiger partial charge in [0.1, 0.15) is 15.8 Å². The molecule has 3 rings (SSSR count). The molecule has 1 aliphatic heterocycles. The highest BCUT2D eigenvalue weighted by molar-refractivity contribution is 8.26. The fraction of sp³-hybridized carbons (Fsp3) is 0.190. The van der Waals surface area contributed by atoms with E-state index in [4.69, 9.17) is 23.8 Å². The Bertz CT molecular complexity index is 1080. The lowest BCUT2D eigenvalue weighted by atomic mass is 10.2. The molecule has 2 N–H and O–H groups in total. The van der Waals surface area contributed by atoms with Gasteiger partial charge in [0.15, 0.2) is 0 Å². The van der Waals surface area contributed by atoms with Crippen LogP contribution >= 0.6 is 35.6 Å². The van der Waals surface area contributed by atoms with Crippen molar-refractivity contribution in [2.75, 3.05) is 11.9 Å². The monoisotopic (exact) mass is 498 g/mol. The van der Waals surface area contributed by atoms with Crippen LogP contribution in [0.25, 0.3) is 6.08 Å². The number of amides is 2. The molecule has 0 atom stereocenters. The number of anilines is 1. The number of para-hydroxylation sites is 1. The summed E-state index contributed by atoms with van der Waals surface area (Å²) in [4.78, 5) is 26.5. The van der Waals surface area contributed by atoms with Crippen molar-refractivity contribution in [2.45, 2.75) is 19.5 Å². The van der Waals surface area contributed by atoms with Gasteiger partial charge in [0.05, 0.1) is 10.6 Å². The Morgan fingerprint density at radius 1 is 1.31 bits per heavy atom. The molecule has 6 nitrogen and oxygen atoms in total. The zero-order valence-electron chi connectivity index (χ0n) is 16.4. The summed E-state index contributed by atoms with van der Waals surface area (Å²) in [6.07, 6.45) is 1.84. The number of aromatic hydroxyl groups is 1. The van der Waals surface area contributed by atoms with Crippen molar-refractivity contribution in [3.05, 3.63) is 58.0 Å². The second-order valence-corrected chi connectivity index (χ2v) is 8.68. The molecule has 0 spiro atoms. The molecule has 0 saturated carbocycles. The molecule has 0 radical (unpaired) electrons. The summed E-state index contributed by atoms with van der Waals surface area (Å²) in [6.45, 7) is -2.79. The molecule has 1 saturated heterocycles. The SMILES string of the molecule is O=C(CCCN1C(=O)/C(=C/c2ccccc2OC(F)F)SC1=S)Nc1cc(Cl)ccc1O. The van der Waals surface area contributed by atoms with Crippen LogP contribution < -0.4 is 10.1 Å². The molecular formula is C21H17ClF2N2O4S2. The summed E-state index contributed by atoms with van der Waals surface area (Å²) in [7, 11) is 0. The Morgan fingerprint density at radius 3 is 2.81 bits per heavy atom. The average molecular weight is 499 g/mol. The van der Waals surface area contributed by atoms with Crippen LogP contribution in [0.5, 0.6) is 11.5 Å². The van der Waals surface area contributed by atoms with Gasteiger partial charge < -0.3 is 15.2 Å². The number of carbonyl (C=O) groups is 2. The summed E-state index contributed by atoms with van der Waals surface area (Å²) >= 11 is 12.2. The van der Waals surface area contributed by atoms with Gasteiger partial charge in [-0.25, -0.2) is 0 Å². The molecule has 2 aromatic carbocycles. The van der Waals surface area contributed by atoms with E-state index in [0.717, 1.165) is 11.8 Å². The van der Waals surface area contributed by atoms with Crippen LogP contribution in [0.4, 0.5) is 14.5 Å². The van der Waals surface area contributed by atoms with Crippen LogP contribution in [0.1, 0.15) is 18.4 Å². The topological polar surface area (TPSA) is 78.9 Å². The Morgan fingerprint density at radius 2 is 2.06 bits per heavy atom. The molecule has 32 heavy (non-hydrogen) atoms. The Labute approximate surface area is 197 Å². The van der Waals surface area contributed by atoms with Crippen LogP contribution in [-0.4, -0.2) is 39.3 Å². The molecule has 1 heterocycles. The minimum Gasteiger partial charge on any atom is -0.506 e. The van der Waals surface area contributed by atoms with E-state index in [1.165, 1.54) is 35.2 Å². The number of benzene rings is 2. The number of thiocarbonyl (C=S) groups is 1. The van der Waals surface area contributed by atoms with E-state index in [1.54, 1.807) is 18.2 Å². The number of hydrogen-bond donors (Lipinski definition) is 2. The van der Waals surface area contributed by atoms with Crippen molar-refractivity contribution < 1.29 is 28.2 Å². The number of phenols is 1. The molecule has 0 aromatic heterocycles. The number of rotatable bonds is 8. The lowest BCUT2D eigenvalue weighted by Gasteiger charge is -2.14. The Kier molecular flexibility index (Phi) is 8.05. The first-order valence-corrected chi connectivity index (χ1v) is 10.9. The van der Waals surface area contributed by atoms with Crippen LogP contribution in [0, 0.1) is 0 Å². The second kappa shape index (κ2) is 10.8. The van der Waals surface area contributed by atoms with Gasteiger partial charge in [-0.3, -0.25) is 14.5 Å². The van der Waals surface area contributed by atoms with Crippen molar-refractivity contribution in [2.24, 2.45) is 0 Å². The highest BCUT2D eigenvalue weighted by Gasteiger charge is 2.32. The molecule has 0 unspecified atom stereocenters. The maximum Gasteiger partial charge on any atom is 0.387 e. The number of nitrogens with one attached hydrogen (secondary N) is 1. The maximum atomic E-state index is 12.7. The van der Waals surface area contributed by atoms with Gasteiger partial charge in [0.25, 0.3) is 5.91 Å². The fourth-order valence-corrected chi connectivity index (χ4v) is 4.33. The van der Waals surface area contributed by atoms with E-state index in [0.29, 0.717) is 21.3 Å². The van der Waals surface area contributed by atoms with Crippen molar-refractivity contribution in [1.82, 2.24) is 4.90 Å². The number of ether oxygens (including phenoxy) is 1. The molecule has 1 aliphatic rings. The summed E-state index contributed by atoms with van der Waals surface area (Å²) in [5, 5.41) is 12.7. The smallest absolute Gasteiger partial charge is 0.387 e. The summed E-state index contributed by atoms with van der Waals surface area (Å²) in [6, 6.07) is 10.4. The second-order valence-electron chi connectivity index (χ2n) is 6.56. The van der Waals surface area contributed by atoms with Gasteiger partial charge in [0, 0.05) is 23.6 Å².